The third kappa shape index (κ3) is 4.15. The predicted octanol–water partition coefficient (Wildman–Crippen LogP) is 2.66. The van der Waals surface area contributed by atoms with E-state index in [0.29, 0.717) is 5.41 Å². The monoisotopic (exact) mass is 312 g/mol. The van der Waals surface area contributed by atoms with Crippen molar-refractivity contribution in [2.45, 2.75) is 51.0 Å². The molecule has 122 valence electrons. The summed E-state index contributed by atoms with van der Waals surface area (Å²) in [4.78, 5) is 5.48. The third-order valence-electron chi connectivity index (χ3n) is 5.91. The van der Waals surface area contributed by atoms with Gasteiger partial charge in [0.15, 0.2) is 0 Å². The molecule has 4 heteroatoms. The molecule has 3 rings (SSSR count). The van der Waals surface area contributed by atoms with Crippen molar-refractivity contribution in [3.63, 3.8) is 0 Å². The molecule has 0 aromatic rings. The van der Waals surface area contributed by atoms with Gasteiger partial charge in [-0.2, -0.15) is 12.6 Å². The number of thiol groups is 1. The normalized spacial score (nSPS) is 29.6. The van der Waals surface area contributed by atoms with Gasteiger partial charge in [0.25, 0.3) is 0 Å². The smallest absolute Gasteiger partial charge is 0.0472 e. The number of hydrogen-bond acceptors (Lipinski definition) is 4. The van der Waals surface area contributed by atoms with Crippen LogP contribution in [0.1, 0.15) is 44.9 Å². The molecule has 0 atom stereocenters. The highest BCUT2D eigenvalue weighted by atomic mass is 32.1. The Morgan fingerprint density at radius 1 is 0.952 bits per heavy atom. The maximum atomic E-state index is 5.55. The molecule has 0 N–H and O–H groups in total. The first-order valence-corrected chi connectivity index (χ1v) is 9.60. The largest absolute Gasteiger partial charge is 0.381 e. The van der Waals surface area contributed by atoms with Crippen LogP contribution in [-0.4, -0.2) is 67.5 Å². The van der Waals surface area contributed by atoms with E-state index in [9.17, 15) is 0 Å². The Morgan fingerprint density at radius 3 is 2.24 bits per heavy atom. The first-order valence-electron chi connectivity index (χ1n) is 8.96. The van der Waals surface area contributed by atoms with E-state index in [-0.39, 0.29) is 0 Å². The molecule has 0 saturated carbocycles. The summed E-state index contributed by atoms with van der Waals surface area (Å²) in [5.41, 5.74) is 0.416. The number of hydrogen-bond donors (Lipinski definition) is 1. The Bertz CT molecular complexity index is 306. The van der Waals surface area contributed by atoms with Crippen molar-refractivity contribution in [2.24, 2.45) is 5.41 Å². The topological polar surface area (TPSA) is 15.7 Å². The Kier molecular flexibility index (Phi) is 5.88. The van der Waals surface area contributed by atoms with Crippen LogP contribution in [-0.2, 0) is 4.74 Å². The van der Waals surface area contributed by atoms with Gasteiger partial charge in [-0.05, 0) is 75.9 Å². The average molecular weight is 313 g/mol. The van der Waals surface area contributed by atoms with E-state index in [0.717, 1.165) is 25.0 Å². The lowest BCUT2D eigenvalue weighted by atomic mass is 9.81. The highest BCUT2D eigenvalue weighted by Crippen LogP contribution is 2.34. The molecule has 21 heavy (non-hydrogen) atoms. The molecular formula is C17H32N2OS. The molecule has 0 spiro atoms. The van der Waals surface area contributed by atoms with Gasteiger partial charge in [-0.25, -0.2) is 0 Å². The fraction of sp³-hybridized carbons (Fsp3) is 1.00. The van der Waals surface area contributed by atoms with Gasteiger partial charge >= 0.3 is 0 Å². The zero-order valence-corrected chi connectivity index (χ0v) is 14.3. The molecule has 3 aliphatic rings. The molecule has 3 saturated heterocycles. The van der Waals surface area contributed by atoms with Gasteiger partial charge in [-0.1, -0.05) is 6.42 Å². The van der Waals surface area contributed by atoms with Crippen LogP contribution in [0.5, 0.6) is 0 Å². The molecule has 3 fully saturated rings. The minimum atomic E-state index is 0.416. The second-order valence-electron chi connectivity index (χ2n) is 7.37. The number of piperidine rings is 2. The van der Waals surface area contributed by atoms with E-state index < -0.39 is 0 Å². The van der Waals surface area contributed by atoms with Crippen LogP contribution in [0.4, 0.5) is 0 Å². The molecule has 3 nitrogen and oxygen atoms in total. The highest BCUT2D eigenvalue weighted by molar-refractivity contribution is 7.80. The van der Waals surface area contributed by atoms with Crippen LogP contribution in [0.15, 0.2) is 0 Å². The molecule has 3 aliphatic heterocycles. The average Bonchev–Trinajstić information content (AvgIpc) is 2.57. The molecule has 0 amide bonds. The number of rotatable bonds is 4. The van der Waals surface area contributed by atoms with Crippen LogP contribution in [0.2, 0.25) is 0 Å². The molecule has 0 aromatic carbocycles. The molecular weight excluding hydrogens is 280 g/mol. The lowest BCUT2D eigenvalue weighted by Gasteiger charge is -2.44. The van der Waals surface area contributed by atoms with Gasteiger partial charge in [0.05, 0.1) is 0 Å². The SMILES string of the molecule is SCC1(CN2CCC(N3CCCCC3)CC2)CCOCC1. The standard InChI is InChI=1S/C17H32N2OS/c21-15-17(6-12-20-13-7-17)14-18-10-4-16(5-11-18)19-8-2-1-3-9-19/h16,21H,1-15H2. The maximum Gasteiger partial charge on any atom is 0.0472 e. The summed E-state index contributed by atoms with van der Waals surface area (Å²) >= 11 is 4.66. The van der Waals surface area contributed by atoms with Gasteiger partial charge in [0.1, 0.15) is 0 Å². The fourth-order valence-electron chi connectivity index (χ4n) is 4.37. The van der Waals surface area contributed by atoms with Gasteiger partial charge in [0.2, 0.25) is 0 Å². The maximum absolute atomic E-state index is 5.55. The van der Waals surface area contributed by atoms with Crippen molar-refractivity contribution < 1.29 is 4.74 Å². The highest BCUT2D eigenvalue weighted by Gasteiger charge is 2.35. The summed E-state index contributed by atoms with van der Waals surface area (Å²) in [7, 11) is 0. The van der Waals surface area contributed by atoms with Crippen molar-refractivity contribution in [3.8, 4) is 0 Å². The van der Waals surface area contributed by atoms with Crippen LogP contribution >= 0.6 is 12.6 Å². The van der Waals surface area contributed by atoms with Crippen molar-refractivity contribution in [3.05, 3.63) is 0 Å². The van der Waals surface area contributed by atoms with Gasteiger partial charge in [-0.3, -0.25) is 0 Å². The first kappa shape index (κ1) is 16.1. The van der Waals surface area contributed by atoms with Gasteiger partial charge in [-0.15, -0.1) is 0 Å². The quantitative estimate of drug-likeness (QED) is 0.804. The second-order valence-corrected chi connectivity index (χ2v) is 7.69. The van der Waals surface area contributed by atoms with E-state index in [1.807, 2.05) is 0 Å². The zero-order chi connectivity index (χ0) is 14.5. The van der Waals surface area contributed by atoms with Crippen LogP contribution in [0.25, 0.3) is 0 Å². The molecule has 0 radical (unpaired) electrons. The third-order valence-corrected chi connectivity index (χ3v) is 6.58. The van der Waals surface area contributed by atoms with Crippen LogP contribution in [0.3, 0.4) is 0 Å². The molecule has 0 bridgehead atoms. The summed E-state index contributed by atoms with van der Waals surface area (Å²) in [6.45, 7) is 8.39. The van der Waals surface area contributed by atoms with Crippen molar-refractivity contribution in [1.82, 2.24) is 9.80 Å². The Balaban J connectivity index is 1.46. The van der Waals surface area contributed by atoms with E-state index in [1.54, 1.807) is 0 Å². The van der Waals surface area contributed by atoms with E-state index in [4.69, 9.17) is 4.74 Å². The van der Waals surface area contributed by atoms with Crippen molar-refractivity contribution in [1.29, 1.82) is 0 Å². The summed E-state index contributed by atoms with van der Waals surface area (Å²) in [6, 6.07) is 0.864. The summed E-state index contributed by atoms with van der Waals surface area (Å²) < 4.78 is 5.55. The van der Waals surface area contributed by atoms with E-state index in [1.165, 1.54) is 77.7 Å². The van der Waals surface area contributed by atoms with E-state index >= 15 is 0 Å². The van der Waals surface area contributed by atoms with Crippen LogP contribution in [0, 0.1) is 5.41 Å². The van der Waals surface area contributed by atoms with E-state index in [2.05, 4.69) is 22.4 Å². The molecule has 3 heterocycles. The second kappa shape index (κ2) is 7.67. The minimum absolute atomic E-state index is 0.416. The lowest BCUT2D eigenvalue weighted by molar-refractivity contribution is -0.00178. The molecule has 0 aromatic heterocycles. The van der Waals surface area contributed by atoms with Crippen molar-refractivity contribution in [2.75, 3.05) is 51.7 Å². The van der Waals surface area contributed by atoms with Gasteiger partial charge in [0, 0.05) is 25.8 Å². The Hall–Kier alpha value is 0.230. The lowest BCUT2D eigenvalue weighted by Crippen LogP contribution is -2.50. The molecule has 0 aliphatic carbocycles. The summed E-state index contributed by atoms with van der Waals surface area (Å²) in [5.74, 6) is 1.02. The number of nitrogens with zero attached hydrogens (tertiary/aromatic N) is 2. The zero-order valence-electron chi connectivity index (χ0n) is 13.4. The number of likely N-dealkylation sites (tertiary alicyclic amines) is 2. The predicted molar refractivity (Wildman–Crippen MR) is 91.2 cm³/mol. The molecule has 0 unspecified atom stereocenters. The summed E-state index contributed by atoms with van der Waals surface area (Å²) in [5, 5.41) is 0. The fourth-order valence-corrected chi connectivity index (χ4v) is 4.79. The Morgan fingerprint density at radius 2 is 1.62 bits per heavy atom. The minimum Gasteiger partial charge on any atom is -0.381 e. The van der Waals surface area contributed by atoms with Gasteiger partial charge < -0.3 is 14.5 Å². The van der Waals surface area contributed by atoms with Crippen molar-refractivity contribution >= 4 is 12.6 Å². The van der Waals surface area contributed by atoms with Crippen LogP contribution < -0.4 is 0 Å². The number of ether oxygens (including phenoxy) is 1. The summed E-state index contributed by atoms with van der Waals surface area (Å²) in [6.07, 6.45) is 9.43. The Labute approximate surface area is 135 Å². The first-order chi connectivity index (χ1) is 10.3.